The van der Waals surface area contributed by atoms with Gasteiger partial charge in [-0.2, -0.15) is 0 Å². The van der Waals surface area contributed by atoms with Crippen molar-refractivity contribution in [1.29, 1.82) is 0 Å². The van der Waals surface area contributed by atoms with E-state index in [0.29, 0.717) is 33.0 Å². The molecule has 10 heteroatoms. The summed E-state index contributed by atoms with van der Waals surface area (Å²) < 4.78 is 23.3. The Hall–Kier alpha value is -3.08. The molecular formula is C27H28Br2N3O5+. The minimum absolute atomic E-state index is 0.248. The summed E-state index contributed by atoms with van der Waals surface area (Å²) >= 11 is 7.02. The minimum atomic E-state index is -0.583. The van der Waals surface area contributed by atoms with E-state index in [4.69, 9.17) is 18.9 Å². The van der Waals surface area contributed by atoms with Crippen LogP contribution in [0, 0.1) is 0 Å². The number of rotatable bonds is 8. The number of aliphatic imine (C=N–C) groups is 1. The van der Waals surface area contributed by atoms with Crippen LogP contribution in [0.5, 0.6) is 23.0 Å². The Morgan fingerprint density at radius 3 is 2.16 bits per heavy atom. The highest BCUT2D eigenvalue weighted by molar-refractivity contribution is 9.11. The highest BCUT2D eigenvalue weighted by atomic mass is 79.9. The van der Waals surface area contributed by atoms with Gasteiger partial charge in [-0.25, -0.2) is 4.79 Å². The molecule has 0 atom stereocenters. The third-order valence-corrected chi connectivity index (χ3v) is 6.95. The number of ether oxygens (including phenoxy) is 4. The maximum Gasteiger partial charge on any atom is 0.343 e. The molecule has 4 rings (SSSR count). The number of piperazine rings is 1. The topological polar surface area (TPSA) is 86.2 Å². The summed E-state index contributed by atoms with van der Waals surface area (Å²) in [6, 6.07) is 14.9. The van der Waals surface area contributed by atoms with Crippen molar-refractivity contribution in [3.05, 3.63) is 68.6 Å². The number of nitrogens with zero attached hydrogens (tertiary/aromatic N) is 2. The Morgan fingerprint density at radius 1 is 0.919 bits per heavy atom. The van der Waals surface area contributed by atoms with Crippen molar-refractivity contribution in [2.45, 2.75) is 0 Å². The SMILES string of the molecule is COc1cc(C(=O)Oc2c(Br)cc(Br)cc2C=Nc2ccc(N3CC[NH2+]CC3)cc2)cc(OC)c1OC. The monoisotopic (exact) mass is 632 g/mol. The number of methoxy groups -OCH3 is 3. The lowest BCUT2D eigenvalue weighted by Crippen LogP contribution is -2.89. The van der Waals surface area contributed by atoms with Crippen molar-refractivity contribution in [2.75, 3.05) is 52.4 Å². The Morgan fingerprint density at radius 2 is 1.57 bits per heavy atom. The molecule has 0 aromatic heterocycles. The van der Waals surface area contributed by atoms with Gasteiger partial charge in [0.05, 0.1) is 63.2 Å². The van der Waals surface area contributed by atoms with Gasteiger partial charge in [0.1, 0.15) is 0 Å². The molecule has 1 saturated heterocycles. The Kier molecular flexibility index (Phi) is 9.07. The van der Waals surface area contributed by atoms with Gasteiger partial charge in [0.25, 0.3) is 0 Å². The van der Waals surface area contributed by atoms with E-state index >= 15 is 0 Å². The fraction of sp³-hybridized carbons (Fsp3) is 0.259. The molecule has 3 aromatic carbocycles. The van der Waals surface area contributed by atoms with Gasteiger partial charge in [-0.1, -0.05) is 15.9 Å². The van der Waals surface area contributed by atoms with Crippen LogP contribution >= 0.6 is 31.9 Å². The average Bonchev–Trinajstić information content (AvgIpc) is 2.93. The van der Waals surface area contributed by atoms with Crippen LogP contribution in [0.25, 0.3) is 0 Å². The van der Waals surface area contributed by atoms with E-state index in [1.54, 1.807) is 24.4 Å². The van der Waals surface area contributed by atoms with Gasteiger partial charge < -0.3 is 29.2 Å². The van der Waals surface area contributed by atoms with E-state index in [2.05, 4.69) is 59.2 Å². The zero-order chi connectivity index (χ0) is 26.4. The minimum Gasteiger partial charge on any atom is -0.493 e. The number of carbonyl (C=O) groups is 1. The molecule has 1 aliphatic heterocycles. The fourth-order valence-corrected chi connectivity index (χ4v) is 5.38. The van der Waals surface area contributed by atoms with Crippen LogP contribution in [0.4, 0.5) is 11.4 Å². The van der Waals surface area contributed by atoms with Crippen LogP contribution < -0.4 is 29.2 Å². The molecule has 0 radical (unpaired) electrons. The Bertz CT molecular complexity index is 1270. The molecule has 8 nitrogen and oxygen atoms in total. The van der Waals surface area contributed by atoms with Crippen LogP contribution in [-0.2, 0) is 0 Å². The van der Waals surface area contributed by atoms with Crippen molar-refractivity contribution >= 4 is 55.4 Å². The normalized spacial score (nSPS) is 13.5. The van der Waals surface area contributed by atoms with Gasteiger partial charge in [-0.3, -0.25) is 4.99 Å². The molecule has 0 aliphatic carbocycles. The summed E-state index contributed by atoms with van der Waals surface area (Å²) in [5, 5.41) is 2.33. The third-order valence-electron chi connectivity index (χ3n) is 5.91. The number of hydrogen-bond donors (Lipinski definition) is 1. The number of halogens is 2. The largest absolute Gasteiger partial charge is 0.493 e. The first-order valence-corrected chi connectivity index (χ1v) is 13.2. The van der Waals surface area contributed by atoms with Crippen LogP contribution in [0.1, 0.15) is 15.9 Å². The summed E-state index contributed by atoms with van der Waals surface area (Å²) in [5.74, 6) is 0.865. The quantitative estimate of drug-likeness (QED) is 0.222. The second kappa shape index (κ2) is 12.4. The zero-order valence-corrected chi connectivity index (χ0v) is 24.0. The van der Waals surface area contributed by atoms with E-state index in [9.17, 15) is 4.79 Å². The highest BCUT2D eigenvalue weighted by Gasteiger charge is 2.21. The molecule has 0 spiro atoms. The molecule has 0 bridgehead atoms. The summed E-state index contributed by atoms with van der Waals surface area (Å²) in [7, 11) is 4.48. The van der Waals surface area contributed by atoms with Crippen molar-refractivity contribution in [3.8, 4) is 23.0 Å². The number of benzene rings is 3. The first kappa shape index (κ1) is 27.0. The van der Waals surface area contributed by atoms with Crippen LogP contribution in [0.3, 0.4) is 0 Å². The molecule has 0 saturated carbocycles. The molecule has 3 aromatic rings. The predicted octanol–water partition coefficient (Wildman–Crippen LogP) is 4.59. The van der Waals surface area contributed by atoms with E-state index in [-0.39, 0.29) is 5.56 Å². The molecule has 1 fully saturated rings. The first-order valence-electron chi connectivity index (χ1n) is 11.7. The molecule has 37 heavy (non-hydrogen) atoms. The molecule has 194 valence electrons. The Balaban J connectivity index is 1.58. The number of nitrogens with two attached hydrogens (primary N) is 1. The van der Waals surface area contributed by atoms with Gasteiger partial charge in [0.2, 0.25) is 5.75 Å². The van der Waals surface area contributed by atoms with Crippen molar-refractivity contribution in [3.63, 3.8) is 0 Å². The van der Waals surface area contributed by atoms with E-state index in [0.717, 1.165) is 36.3 Å². The standard InChI is InChI=1S/C27H27Br2N3O5/c1-34-23-13-17(14-24(35-2)26(23)36-3)27(33)37-25-18(12-19(28)15-22(25)29)16-31-20-4-6-21(7-5-20)32-10-8-30-9-11-32/h4-7,12-16,30H,8-11H2,1-3H3/p+1. The first-order chi connectivity index (χ1) is 17.9. The number of quaternary nitrogens is 1. The molecule has 1 aliphatic rings. The second-order valence-corrected chi connectivity index (χ2v) is 10.0. The molecule has 1 heterocycles. The van der Waals surface area contributed by atoms with Gasteiger partial charge in [0, 0.05) is 21.9 Å². The lowest BCUT2D eigenvalue weighted by atomic mass is 10.1. The molecule has 2 N–H and O–H groups in total. The predicted molar refractivity (Wildman–Crippen MR) is 150 cm³/mol. The fourth-order valence-electron chi connectivity index (χ4n) is 4.04. The molecule has 0 unspecified atom stereocenters. The highest BCUT2D eigenvalue weighted by Crippen LogP contribution is 2.39. The number of carbonyl (C=O) groups excluding carboxylic acids is 1. The zero-order valence-electron chi connectivity index (χ0n) is 20.8. The van der Waals surface area contributed by atoms with Crippen LogP contribution in [0.15, 0.2) is 62.5 Å². The van der Waals surface area contributed by atoms with Crippen molar-refractivity contribution in [2.24, 2.45) is 4.99 Å². The summed E-state index contributed by atoms with van der Waals surface area (Å²) in [4.78, 5) is 20.1. The number of esters is 1. The molecule has 0 amide bonds. The average molecular weight is 634 g/mol. The smallest absolute Gasteiger partial charge is 0.343 e. The van der Waals surface area contributed by atoms with Crippen LogP contribution in [-0.4, -0.2) is 59.7 Å². The number of anilines is 1. The summed E-state index contributed by atoms with van der Waals surface area (Å²) in [6.45, 7) is 4.29. The maximum absolute atomic E-state index is 13.1. The van der Waals surface area contributed by atoms with E-state index in [1.165, 1.54) is 27.0 Å². The van der Waals surface area contributed by atoms with Crippen LogP contribution in [0.2, 0.25) is 0 Å². The number of hydrogen-bond acceptors (Lipinski definition) is 7. The Labute approximate surface area is 232 Å². The van der Waals surface area contributed by atoms with Gasteiger partial charge in [-0.15, -0.1) is 0 Å². The maximum atomic E-state index is 13.1. The molecular weight excluding hydrogens is 606 g/mol. The summed E-state index contributed by atoms with van der Waals surface area (Å²) in [6.07, 6.45) is 1.68. The second-order valence-electron chi connectivity index (χ2n) is 8.24. The van der Waals surface area contributed by atoms with Gasteiger partial charge >= 0.3 is 5.97 Å². The lowest BCUT2D eigenvalue weighted by Gasteiger charge is -2.27. The van der Waals surface area contributed by atoms with E-state index in [1.807, 2.05) is 18.2 Å². The van der Waals surface area contributed by atoms with Gasteiger partial charge in [0.15, 0.2) is 17.2 Å². The third kappa shape index (κ3) is 6.44. The summed E-state index contributed by atoms with van der Waals surface area (Å²) in [5.41, 5.74) is 2.86. The van der Waals surface area contributed by atoms with Gasteiger partial charge in [-0.05, 0) is 64.5 Å². The van der Waals surface area contributed by atoms with Crippen molar-refractivity contribution < 1.29 is 29.1 Å². The lowest BCUT2D eigenvalue weighted by molar-refractivity contribution is -0.655. The van der Waals surface area contributed by atoms with E-state index < -0.39 is 5.97 Å². The van der Waals surface area contributed by atoms with Crippen molar-refractivity contribution in [1.82, 2.24) is 0 Å².